The van der Waals surface area contributed by atoms with Crippen molar-refractivity contribution in [2.75, 3.05) is 6.61 Å². The van der Waals surface area contributed by atoms with Gasteiger partial charge in [0.2, 0.25) is 0 Å². The van der Waals surface area contributed by atoms with Crippen LogP contribution in [0.4, 0.5) is 0 Å². The zero-order chi connectivity index (χ0) is 15.1. The van der Waals surface area contributed by atoms with Crippen LogP contribution in [0.1, 0.15) is 54.9 Å². The summed E-state index contributed by atoms with van der Waals surface area (Å²) in [5.74, 6) is -0.481. The Bertz CT molecular complexity index is 316. The van der Waals surface area contributed by atoms with Crippen molar-refractivity contribution >= 4 is 8.32 Å². The summed E-state index contributed by atoms with van der Waals surface area (Å²) < 4.78 is 18.1. The van der Waals surface area contributed by atoms with Crippen LogP contribution in [-0.2, 0) is 13.9 Å². The fourth-order valence-corrected chi connectivity index (χ4v) is 3.31. The Balaban J connectivity index is 2.51. The Morgan fingerprint density at radius 1 is 1.11 bits per heavy atom. The van der Waals surface area contributed by atoms with E-state index in [2.05, 4.69) is 47.7 Å². The number of ether oxygens (including phenoxy) is 2. The van der Waals surface area contributed by atoms with Gasteiger partial charge in [0.15, 0.2) is 14.1 Å². The second-order valence-electron chi connectivity index (χ2n) is 8.11. The molecule has 1 atom stereocenters. The SMILES string of the molecule is CC1(C)O[C@H](CCO[Si](C)(C)C(C)(C)C)C(C)(C)O1. The van der Waals surface area contributed by atoms with E-state index in [-0.39, 0.29) is 16.7 Å². The normalized spacial score (nSPS) is 26.7. The van der Waals surface area contributed by atoms with Crippen LogP contribution in [0.3, 0.4) is 0 Å². The van der Waals surface area contributed by atoms with Crippen molar-refractivity contribution in [2.45, 2.75) is 90.5 Å². The van der Waals surface area contributed by atoms with Gasteiger partial charge in [-0.3, -0.25) is 0 Å². The van der Waals surface area contributed by atoms with Crippen molar-refractivity contribution in [3.8, 4) is 0 Å². The molecule has 3 nitrogen and oxygen atoms in total. The molecule has 0 saturated carbocycles. The highest BCUT2D eigenvalue weighted by Crippen LogP contribution is 2.39. The van der Waals surface area contributed by atoms with Crippen molar-refractivity contribution in [3.05, 3.63) is 0 Å². The quantitative estimate of drug-likeness (QED) is 0.721. The molecule has 0 unspecified atom stereocenters. The molecule has 0 aromatic heterocycles. The second kappa shape index (κ2) is 5.13. The lowest BCUT2D eigenvalue weighted by atomic mass is 10.00. The van der Waals surface area contributed by atoms with E-state index in [0.29, 0.717) is 0 Å². The maximum absolute atomic E-state index is 6.22. The summed E-state index contributed by atoms with van der Waals surface area (Å²) in [6, 6.07) is 0. The largest absolute Gasteiger partial charge is 0.417 e. The summed E-state index contributed by atoms with van der Waals surface area (Å²) in [5, 5.41) is 0.259. The lowest BCUT2D eigenvalue weighted by Crippen LogP contribution is -2.42. The number of hydrogen-bond donors (Lipinski definition) is 0. The maximum atomic E-state index is 6.22. The van der Waals surface area contributed by atoms with E-state index in [1.165, 1.54) is 0 Å². The molecular weight excluding hydrogens is 256 g/mol. The third-order valence-corrected chi connectivity index (χ3v) is 8.90. The average molecular weight is 289 g/mol. The first-order valence-electron chi connectivity index (χ1n) is 7.29. The molecule has 19 heavy (non-hydrogen) atoms. The standard InChI is InChI=1S/C15H32O3Si/c1-13(2,3)19(8,9)16-11-10-12-14(4,5)18-15(6,7)17-12/h12H,10-11H2,1-9H3/t12-/m1/s1. The summed E-state index contributed by atoms with van der Waals surface area (Å²) in [6.45, 7) is 20.3. The molecule has 1 rings (SSSR count). The van der Waals surface area contributed by atoms with Gasteiger partial charge in [-0.25, -0.2) is 0 Å². The topological polar surface area (TPSA) is 27.7 Å². The lowest BCUT2D eigenvalue weighted by Gasteiger charge is -2.36. The highest BCUT2D eigenvalue weighted by Gasteiger charge is 2.47. The fraction of sp³-hybridized carbons (Fsp3) is 1.00. The Hall–Kier alpha value is 0.0969. The minimum atomic E-state index is -1.66. The minimum Gasteiger partial charge on any atom is -0.417 e. The monoisotopic (exact) mass is 288 g/mol. The van der Waals surface area contributed by atoms with Crippen molar-refractivity contribution in [1.29, 1.82) is 0 Å². The molecular formula is C15H32O3Si. The van der Waals surface area contributed by atoms with Gasteiger partial charge in [0, 0.05) is 6.61 Å². The van der Waals surface area contributed by atoms with Crippen LogP contribution < -0.4 is 0 Å². The van der Waals surface area contributed by atoms with Gasteiger partial charge in [0.25, 0.3) is 0 Å². The van der Waals surface area contributed by atoms with E-state index in [0.717, 1.165) is 13.0 Å². The van der Waals surface area contributed by atoms with Gasteiger partial charge in [-0.15, -0.1) is 0 Å². The van der Waals surface area contributed by atoms with E-state index in [4.69, 9.17) is 13.9 Å². The van der Waals surface area contributed by atoms with E-state index in [9.17, 15) is 0 Å². The third kappa shape index (κ3) is 4.28. The first kappa shape index (κ1) is 17.1. The summed E-state index contributed by atoms with van der Waals surface area (Å²) in [6.07, 6.45) is 0.996. The summed E-state index contributed by atoms with van der Waals surface area (Å²) in [7, 11) is -1.66. The van der Waals surface area contributed by atoms with E-state index < -0.39 is 14.1 Å². The molecule has 0 aromatic carbocycles. The van der Waals surface area contributed by atoms with Gasteiger partial charge in [0.05, 0.1) is 11.7 Å². The summed E-state index contributed by atoms with van der Waals surface area (Å²) >= 11 is 0. The van der Waals surface area contributed by atoms with Gasteiger partial charge in [-0.2, -0.15) is 0 Å². The van der Waals surface area contributed by atoms with Gasteiger partial charge in [-0.1, -0.05) is 20.8 Å². The Labute approximate surface area is 120 Å². The van der Waals surface area contributed by atoms with E-state index in [1.54, 1.807) is 0 Å². The molecule has 0 N–H and O–H groups in total. The zero-order valence-electron chi connectivity index (χ0n) is 14.2. The molecule has 1 aliphatic rings. The third-order valence-electron chi connectivity index (χ3n) is 4.36. The molecule has 1 fully saturated rings. The average Bonchev–Trinajstić information content (AvgIpc) is 2.31. The highest BCUT2D eigenvalue weighted by molar-refractivity contribution is 6.74. The van der Waals surface area contributed by atoms with Gasteiger partial charge in [0.1, 0.15) is 0 Å². The molecule has 0 aliphatic carbocycles. The minimum absolute atomic E-state index is 0.104. The smallest absolute Gasteiger partial charge is 0.191 e. The number of hydrogen-bond acceptors (Lipinski definition) is 3. The van der Waals surface area contributed by atoms with Crippen molar-refractivity contribution in [3.63, 3.8) is 0 Å². The van der Waals surface area contributed by atoms with Crippen LogP contribution in [0.5, 0.6) is 0 Å². The van der Waals surface area contributed by atoms with Crippen LogP contribution in [-0.4, -0.2) is 32.4 Å². The Kier molecular flexibility index (Phi) is 4.63. The molecule has 0 aromatic rings. The van der Waals surface area contributed by atoms with E-state index >= 15 is 0 Å². The molecule has 114 valence electrons. The van der Waals surface area contributed by atoms with Crippen molar-refractivity contribution in [1.82, 2.24) is 0 Å². The maximum Gasteiger partial charge on any atom is 0.191 e. The Morgan fingerprint density at radius 3 is 2.00 bits per heavy atom. The molecule has 1 saturated heterocycles. The summed E-state index contributed by atoms with van der Waals surface area (Å²) in [4.78, 5) is 0. The molecule has 1 aliphatic heterocycles. The molecule has 1 heterocycles. The lowest BCUT2D eigenvalue weighted by molar-refractivity contribution is -0.157. The number of rotatable bonds is 4. The predicted octanol–water partition coefficient (Wildman–Crippen LogP) is 4.33. The Morgan fingerprint density at radius 2 is 1.63 bits per heavy atom. The molecule has 0 amide bonds. The van der Waals surface area contributed by atoms with Crippen molar-refractivity contribution in [2.24, 2.45) is 0 Å². The molecule has 0 bridgehead atoms. The zero-order valence-corrected chi connectivity index (χ0v) is 15.2. The predicted molar refractivity (Wildman–Crippen MR) is 81.9 cm³/mol. The van der Waals surface area contributed by atoms with Gasteiger partial charge < -0.3 is 13.9 Å². The van der Waals surface area contributed by atoms with Crippen LogP contribution in [0.25, 0.3) is 0 Å². The van der Waals surface area contributed by atoms with E-state index in [1.807, 2.05) is 13.8 Å². The molecule has 0 spiro atoms. The van der Waals surface area contributed by atoms with Gasteiger partial charge in [-0.05, 0) is 52.2 Å². The molecule has 0 radical (unpaired) electrons. The second-order valence-corrected chi connectivity index (χ2v) is 12.9. The highest BCUT2D eigenvalue weighted by atomic mass is 28.4. The van der Waals surface area contributed by atoms with Crippen LogP contribution in [0.2, 0.25) is 18.1 Å². The van der Waals surface area contributed by atoms with Crippen molar-refractivity contribution < 1.29 is 13.9 Å². The summed E-state index contributed by atoms with van der Waals surface area (Å²) in [5.41, 5.74) is -0.236. The molecule has 4 heteroatoms. The van der Waals surface area contributed by atoms with Crippen LogP contribution in [0, 0.1) is 0 Å². The van der Waals surface area contributed by atoms with Crippen LogP contribution in [0.15, 0.2) is 0 Å². The van der Waals surface area contributed by atoms with Gasteiger partial charge >= 0.3 is 0 Å². The van der Waals surface area contributed by atoms with Crippen LogP contribution >= 0.6 is 0 Å². The fourth-order valence-electron chi connectivity index (χ4n) is 2.25. The first-order chi connectivity index (χ1) is 8.27. The first-order valence-corrected chi connectivity index (χ1v) is 10.2.